The summed E-state index contributed by atoms with van der Waals surface area (Å²) < 4.78 is 7.20. The molecule has 164 valence electrons. The zero-order valence-corrected chi connectivity index (χ0v) is 18.9. The van der Waals surface area contributed by atoms with Gasteiger partial charge in [-0.05, 0) is 31.0 Å². The number of rotatable bonds is 8. The number of aryl methyl sites for hydroxylation is 2. The highest BCUT2D eigenvalue weighted by atomic mass is 32.1. The number of benzene rings is 2. The van der Waals surface area contributed by atoms with Crippen LogP contribution in [0.25, 0.3) is 21.3 Å². The number of hydrogen-bond donors (Lipinski definition) is 1. The molecule has 0 bridgehead atoms. The van der Waals surface area contributed by atoms with Crippen LogP contribution in [0.4, 0.5) is 5.69 Å². The average molecular weight is 448 g/mol. The number of thiophene rings is 1. The molecule has 0 saturated heterocycles. The van der Waals surface area contributed by atoms with E-state index in [2.05, 4.69) is 10.3 Å². The van der Waals surface area contributed by atoms with Crippen molar-refractivity contribution in [1.82, 2.24) is 9.55 Å². The Morgan fingerprint density at radius 3 is 2.72 bits per heavy atom. The van der Waals surface area contributed by atoms with E-state index in [9.17, 15) is 9.59 Å². The normalized spacial score (nSPS) is 10.9. The molecule has 0 saturated carbocycles. The molecule has 1 N–H and O–H groups in total. The summed E-state index contributed by atoms with van der Waals surface area (Å²) in [7, 11) is 0. The van der Waals surface area contributed by atoms with Crippen molar-refractivity contribution in [2.75, 3.05) is 11.9 Å². The summed E-state index contributed by atoms with van der Waals surface area (Å²) in [5.74, 6) is 0.456. The van der Waals surface area contributed by atoms with Crippen LogP contribution in [-0.2, 0) is 11.3 Å². The van der Waals surface area contributed by atoms with E-state index in [4.69, 9.17) is 4.74 Å². The van der Waals surface area contributed by atoms with Crippen LogP contribution in [0.1, 0.15) is 25.3 Å². The van der Waals surface area contributed by atoms with Gasteiger partial charge in [0.25, 0.3) is 5.56 Å². The van der Waals surface area contributed by atoms with E-state index in [0.29, 0.717) is 28.3 Å². The molecule has 4 rings (SSSR count). The minimum Gasteiger partial charge on any atom is -0.491 e. The smallest absolute Gasteiger partial charge is 0.262 e. The summed E-state index contributed by atoms with van der Waals surface area (Å²) in [6, 6.07) is 15.4. The molecule has 0 spiro atoms. The van der Waals surface area contributed by atoms with Gasteiger partial charge in [-0.3, -0.25) is 14.2 Å². The first-order valence-electron chi connectivity index (χ1n) is 10.6. The maximum atomic E-state index is 13.2. The van der Waals surface area contributed by atoms with Crippen LogP contribution < -0.4 is 15.6 Å². The molecule has 0 aliphatic rings. The van der Waals surface area contributed by atoms with Crippen LogP contribution in [0.5, 0.6) is 5.75 Å². The zero-order chi connectivity index (χ0) is 22.5. The fourth-order valence-electron chi connectivity index (χ4n) is 3.41. The standard InChI is InChI=1S/C25H25N3O3S/c1-3-14-31-21-7-5-4-6-20(21)27-22(29)12-13-28-16-26-24-23(25(28)30)19(15-32-24)18-10-8-17(2)9-11-18/h4-11,15-16H,3,12-14H2,1-2H3,(H,27,29). The van der Waals surface area contributed by atoms with Gasteiger partial charge >= 0.3 is 0 Å². The van der Waals surface area contributed by atoms with Gasteiger partial charge < -0.3 is 10.1 Å². The summed E-state index contributed by atoms with van der Waals surface area (Å²) in [5.41, 5.74) is 3.53. The van der Waals surface area contributed by atoms with Crippen LogP contribution in [-0.4, -0.2) is 22.1 Å². The lowest BCUT2D eigenvalue weighted by Crippen LogP contribution is -2.23. The maximum Gasteiger partial charge on any atom is 0.262 e. The molecule has 0 radical (unpaired) electrons. The summed E-state index contributed by atoms with van der Waals surface area (Å²) in [6.45, 7) is 4.89. The number of fused-ring (bicyclic) bond motifs is 1. The predicted molar refractivity (Wildman–Crippen MR) is 130 cm³/mol. The van der Waals surface area contributed by atoms with Crippen LogP contribution in [0.2, 0.25) is 0 Å². The van der Waals surface area contributed by atoms with Crippen LogP contribution in [0, 0.1) is 6.92 Å². The summed E-state index contributed by atoms with van der Waals surface area (Å²) in [6.07, 6.45) is 2.55. The number of hydrogen-bond acceptors (Lipinski definition) is 5. The Labute approximate surface area is 190 Å². The van der Waals surface area contributed by atoms with Crippen molar-refractivity contribution in [2.45, 2.75) is 33.2 Å². The lowest BCUT2D eigenvalue weighted by molar-refractivity contribution is -0.116. The molecule has 2 aromatic heterocycles. The van der Waals surface area contributed by atoms with Gasteiger partial charge in [0.2, 0.25) is 5.91 Å². The monoisotopic (exact) mass is 447 g/mol. The average Bonchev–Trinajstić information content (AvgIpc) is 3.23. The predicted octanol–water partition coefficient (Wildman–Crippen LogP) is 5.25. The number of para-hydroxylation sites is 2. The lowest BCUT2D eigenvalue weighted by atomic mass is 10.1. The van der Waals surface area contributed by atoms with Crippen molar-refractivity contribution < 1.29 is 9.53 Å². The van der Waals surface area contributed by atoms with Gasteiger partial charge in [0.15, 0.2) is 0 Å². The van der Waals surface area contributed by atoms with Crippen LogP contribution >= 0.6 is 11.3 Å². The topological polar surface area (TPSA) is 73.2 Å². The minimum atomic E-state index is -0.186. The first kappa shape index (κ1) is 21.8. The van der Waals surface area contributed by atoms with E-state index in [1.807, 2.05) is 67.8 Å². The van der Waals surface area contributed by atoms with E-state index in [1.54, 1.807) is 0 Å². The SMILES string of the molecule is CCCOc1ccccc1NC(=O)CCn1cnc2scc(-c3ccc(C)cc3)c2c1=O. The second kappa shape index (κ2) is 9.78. The first-order chi connectivity index (χ1) is 15.6. The van der Waals surface area contributed by atoms with Gasteiger partial charge in [0.1, 0.15) is 10.6 Å². The van der Waals surface area contributed by atoms with Gasteiger partial charge in [0.05, 0.1) is 24.0 Å². The molecule has 6 nitrogen and oxygen atoms in total. The molecular formula is C25H25N3O3S. The number of ether oxygens (including phenoxy) is 1. The Morgan fingerprint density at radius 1 is 1.16 bits per heavy atom. The molecule has 0 fully saturated rings. The van der Waals surface area contributed by atoms with E-state index in [-0.39, 0.29) is 24.4 Å². The zero-order valence-electron chi connectivity index (χ0n) is 18.1. The number of carbonyl (C=O) groups excluding carboxylic acids is 1. The Bertz CT molecular complexity index is 1290. The molecule has 2 aromatic carbocycles. The van der Waals surface area contributed by atoms with Crippen molar-refractivity contribution in [1.29, 1.82) is 0 Å². The van der Waals surface area contributed by atoms with Gasteiger partial charge in [-0.1, -0.05) is 48.9 Å². The molecule has 2 heterocycles. The highest BCUT2D eigenvalue weighted by Gasteiger charge is 2.14. The van der Waals surface area contributed by atoms with Crippen molar-refractivity contribution in [3.05, 3.63) is 76.2 Å². The van der Waals surface area contributed by atoms with Gasteiger partial charge in [-0.2, -0.15) is 0 Å². The molecule has 1 amide bonds. The quantitative estimate of drug-likeness (QED) is 0.400. The number of amides is 1. The van der Waals surface area contributed by atoms with Gasteiger partial charge in [-0.15, -0.1) is 11.3 Å². The maximum absolute atomic E-state index is 13.2. The highest BCUT2D eigenvalue weighted by molar-refractivity contribution is 7.17. The highest BCUT2D eigenvalue weighted by Crippen LogP contribution is 2.30. The fraction of sp³-hybridized carbons (Fsp3) is 0.240. The van der Waals surface area contributed by atoms with Crippen LogP contribution in [0.15, 0.2) is 65.0 Å². The number of carbonyl (C=O) groups is 1. The van der Waals surface area contributed by atoms with Crippen molar-refractivity contribution in [3.63, 3.8) is 0 Å². The third-order valence-corrected chi connectivity index (χ3v) is 6.01. The third kappa shape index (κ3) is 4.73. The number of nitrogens with zero attached hydrogens (tertiary/aromatic N) is 2. The molecule has 4 aromatic rings. The first-order valence-corrected chi connectivity index (χ1v) is 11.5. The second-order valence-corrected chi connectivity index (χ2v) is 8.44. The number of aromatic nitrogens is 2. The van der Waals surface area contributed by atoms with Crippen LogP contribution in [0.3, 0.4) is 0 Å². The molecular weight excluding hydrogens is 422 g/mol. The second-order valence-electron chi connectivity index (χ2n) is 7.58. The third-order valence-electron chi connectivity index (χ3n) is 5.13. The van der Waals surface area contributed by atoms with Gasteiger partial charge in [0, 0.05) is 23.9 Å². The Kier molecular flexibility index (Phi) is 6.66. The van der Waals surface area contributed by atoms with Crippen molar-refractivity contribution in [2.24, 2.45) is 0 Å². The summed E-state index contributed by atoms with van der Waals surface area (Å²) in [5, 5.41) is 5.45. The minimum absolute atomic E-state index is 0.133. The van der Waals surface area contributed by atoms with E-state index in [1.165, 1.54) is 22.2 Å². The van der Waals surface area contributed by atoms with E-state index in [0.717, 1.165) is 23.1 Å². The Hall–Kier alpha value is -3.45. The van der Waals surface area contributed by atoms with E-state index >= 15 is 0 Å². The van der Waals surface area contributed by atoms with E-state index < -0.39 is 0 Å². The van der Waals surface area contributed by atoms with Crippen molar-refractivity contribution in [3.8, 4) is 16.9 Å². The molecule has 32 heavy (non-hydrogen) atoms. The molecule has 7 heteroatoms. The van der Waals surface area contributed by atoms with Gasteiger partial charge in [-0.25, -0.2) is 4.98 Å². The Morgan fingerprint density at radius 2 is 1.94 bits per heavy atom. The largest absolute Gasteiger partial charge is 0.491 e. The molecule has 0 aliphatic carbocycles. The Balaban J connectivity index is 1.51. The van der Waals surface area contributed by atoms with Crippen molar-refractivity contribution >= 4 is 33.1 Å². The number of anilines is 1. The lowest BCUT2D eigenvalue weighted by Gasteiger charge is -2.12. The molecule has 0 aliphatic heterocycles. The number of nitrogens with one attached hydrogen (secondary N) is 1. The molecule has 0 unspecified atom stereocenters. The summed E-state index contributed by atoms with van der Waals surface area (Å²) in [4.78, 5) is 30.9. The fourth-order valence-corrected chi connectivity index (χ4v) is 4.32. The molecule has 0 atom stereocenters. The summed E-state index contributed by atoms with van der Waals surface area (Å²) >= 11 is 1.45.